The van der Waals surface area contributed by atoms with E-state index in [1.807, 2.05) is 37.4 Å². The highest BCUT2D eigenvalue weighted by molar-refractivity contribution is 7.98. The Morgan fingerprint density at radius 1 is 1.14 bits per heavy atom. The zero-order valence-corrected chi connectivity index (χ0v) is 13.2. The summed E-state index contributed by atoms with van der Waals surface area (Å²) < 4.78 is 5.49. The number of hydrogen-bond donors (Lipinski definition) is 2. The lowest BCUT2D eigenvalue weighted by Gasteiger charge is -2.11. The Balaban J connectivity index is 2.25. The Labute approximate surface area is 128 Å². The largest absolute Gasteiger partial charge is 0.463 e. The van der Waals surface area contributed by atoms with Gasteiger partial charge in [-0.1, -0.05) is 19.1 Å². The molecule has 0 bridgehead atoms. The quantitative estimate of drug-likeness (QED) is 0.761. The van der Waals surface area contributed by atoms with Crippen LogP contribution in [0, 0.1) is 0 Å². The monoisotopic (exact) mass is 305 g/mol. The summed E-state index contributed by atoms with van der Waals surface area (Å²) in [5, 5.41) is 6.12. The standard InChI is InChI=1S/C14H19N5OS/c1-4-9-20-14-18-12(15-2)17-13(19-14)16-10-7-5-6-8-11(10)21-3/h5-8H,4,9H2,1-3H3,(H2,15,16,17,18,19). The zero-order valence-electron chi connectivity index (χ0n) is 12.4. The highest BCUT2D eigenvalue weighted by Gasteiger charge is 2.08. The van der Waals surface area contributed by atoms with Crippen LogP contribution in [0.1, 0.15) is 13.3 Å². The van der Waals surface area contributed by atoms with Gasteiger partial charge in [-0.25, -0.2) is 0 Å². The van der Waals surface area contributed by atoms with Crippen molar-refractivity contribution in [2.75, 3.05) is 30.5 Å². The summed E-state index contributed by atoms with van der Waals surface area (Å²) in [5.74, 6) is 0.933. The number of rotatable bonds is 7. The number of benzene rings is 1. The van der Waals surface area contributed by atoms with Crippen molar-refractivity contribution in [1.82, 2.24) is 15.0 Å². The maximum atomic E-state index is 5.49. The molecule has 0 aliphatic heterocycles. The Morgan fingerprint density at radius 3 is 2.62 bits per heavy atom. The molecular formula is C14H19N5OS. The summed E-state index contributed by atoms with van der Waals surface area (Å²) in [6, 6.07) is 8.32. The van der Waals surface area contributed by atoms with Gasteiger partial charge in [-0.2, -0.15) is 15.0 Å². The van der Waals surface area contributed by atoms with E-state index in [-0.39, 0.29) is 0 Å². The van der Waals surface area contributed by atoms with Crippen molar-refractivity contribution in [1.29, 1.82) is 0 Å². The smallest absolute Gasteiger partial charge is 0.323 e. The number of para-hydroxylation sites is 1. The van der Waals surface area contributed by atoms with Crippen LogP contribution in [0.4, 0.5) is 17.6 Å². The molecule has 0 fully saturated rings. The van der Waals surface area contributed by atoms with E-state index in [0.29, 0.717) is 24.5 Å². The van der Waals surface area contributed by atoms with Crippen molar-refractivity contribution in [2.45, 2.75) is 18.2 Å². The van der Waals surface area contributed by atoms with E-state index in [1.165, 1.54) is 0 Å². The molecule has 0 radical (unpaired) electrons. The molecule has 0 spiro atoms. The summed E-state index contributed by atoms with van der Waals surface area (Å²) in [7, 11) is 1.76. The maximum absolute atomic E-state index is 5.49. The molecule has 1 heterocycles. The average Bonchev–Trinajstić information content (AvgIpc) is 2.53. The number of nitrogens with zero attached hydrogens (tertiary/aromatic N) is 3. The van der Waals surface area contributed by atoms with Crippen molar-refractivity contribution in [2.24, 2.45) is 0 Å². The van der Waals surface area contributed by atoms with E-state index >= 15 is 0 Å². The molecule has 0 saturated heterocycles. The number of aromatic nitrogens is 3. The van der Waals surface area contributed by atoms with Gasteiger partial charge in [0.05, 0.1) is 12.3 Å². The first kappa shape index (κ1) is 15.4. The summed E-state index contributed by atoms with van der Waals surface area (Å²) in [5.41, 5.74) is 0.958. The number of ether oxygens (including phenoxy) is 1. The lowest BCUT2D eigenvalue weighted by molar-refractivity contribution is 0.292. The predicted octanol–water partition coefficient (Wildman–Crippen LogP) is 3.17. The summed E-state index contributed by atoms with van der Waals surface area (Å²) in [4.78, 5) is 13.9. The first-order chi connectivity index (χ1) is 10.3. The van der Waals surface area contributed by atoms with Crippen LogP contribution >= 0.6 is 11.8 Å². The van der Waals surface area contributed by atoms with Crippen LogP contribution in [0.5, 0.6) is 6.01 Å². The van der Waals surface area contributed by atoms with Crippen LogP contribution in [-0.2, 0) is 0 Å². The lowest BCUT2D eigenvalue weighted by Crippen LogP contribution is -2.07. The van der Waals surface area contributed by atoms with Crippen LogP contribution in [0.15, 0.2) is 29.2 Å². The third-order valence-electron chi connectivity index (χ3n) is 2.63. The fourth-order valence-corrected chi connectivity index (χ4v) is 2.20. The summed E-state index contributed by atoms with van der Waals surface area (Å²) in [6.45, 7) is 2.61. The molecule has 0 unspecified atom stereocenters. The third-order valence-corrected chi connectivity index (χ3v) is 3.42. The van der Waals surface area contributed by atoms with E-state index < -0.39 is 0 Å². The zero-order chi connectivity index (χ0) is 15.1. The van der Waals surface area contributed by atoms with Crippen molar-refractivity contribution >= 4 is 29.3 Å². The second-order valence-corrected chi connectivity index (χ2v) is 5.04. The average molecular weight is 305 g/mol. The van der Waals surface area contributed by atoms with Gasteiger partial charge in [-0.05, 0) is 24.8 Å². The van der Waals surface area contributed by atoms with Gasteiger partial charge in [0.15, 0.2) is 0 Å². The molecule has 0 saturated carbocycles. The normalized spacial score (nSPS) is 10.2. The lowest BCUT2D eigenvalue weighted by atomic mass is 10.3. The molecule has 2 rings (SSSR count). The maximum Gasteiger partial charge on any atom is 0.323 e. The van der Waals surface area contributed by atoms with Gasteiger partial charge in [0.2, 0.25) is 11.9 Å². The van der Waals surface area contributed by atoms with Gasteiger partial charge in [0, 0.05) is 11.9 Å². The topological polar surface area (TPSA) is 72.0 Å². The molecule has 112 valence electrons. The van der Waals surface area contributed by atoms with Gasteiger partial charge >= 0.3 is 6.01 Å². The molecule has 7 heteroatoms. The molecule has 0 aliphatic rings. The molecule has 1 aromatic carbocycles. The number of anilines is 3. The SMILES string of the molecule is CCCOc1nc(NC)nc(Nc2ccccc2SC)n1. The molecule has 0 amide bonds. The van der Waals surface area contributed by atoms with Crippen LogP contribution in [0.2, 0.25) is 0 Å². The predicted molar refractivity (Wildman–Crippen MR) is 86.7 cm³/mol. The van der Waals surface area contributed by atoms with Crippen molar-refractivity contribution in [3.63, 3.8) is 0 Å². The Kier molecular flexibility index (Phi) is 5.62. The molecule has 0 atom stereocenters. The van der Waals surface area contributed by atoms with E-state index in [1.54, 1.807) is 18.8 Å². The number of nitrogens with one attached hydrogen (secondary N) is 2. The van der Waals surface area contributed by atoms with Gasteiger partial charge in [-0.3, -0.25) is 0 Å². The fourth-order valence-electron chi connectivity index (χ4n) is 1.65. The molecular weight excluding hydrogens is 286 g/mol. The van der Waals surface area contributed by atoms with Crippen LogP contribution < -0.4 is 15.4 Å². The molecule has 0 aliphatic carbocycles. The third kappa shape index (κ3) is 4.22. The highest BCUT2D eigenvalue weighted by atomic mass is 32.2. The van der Waals surface area contributed by atoms with Crippen molar-refractivity contribution in [3.05, 3.63) is 24.3 Å². The van der Waals surface area contributed by atoms with E-state index in [2.05, 4.69) is 25.6 Å². The summed E-state index contributed by atoms with van der Waals surface area (Å²) >= 11 is 1.66. The molecule has 2 N–H and O–H groups in total. The van der Waals surface area contributed by atoms with E-state index in [0.717, 1.165) is 17.0 Å². The van der Waals surface area contributed by atoms with Gasteiger partial charge in [-0.15, -0.1) is 11.8 Å². The minimum atomic E-state index is 0.320. The van der Waals surface area contributed by atoms with Crippen LogP contribution in [0.25, 0.3) is 0 Å². The minimum Gasteiger partial charge on any atom is -0.463 e. The second kappa shape index (κ2) is 7.68. The second-order valence-electron chi connectivity index (χ2n) is 4.19. The fraction of sp³-hybridized carbons (Fsp3) is 0.357. The first-order valence-corrected chi connectivity index (χ1v) is 7.96. The van der Waals surface area contributed by atoms with Crippen molar-refractivity contribution < 1.29 is 4.74 Å². The Hall–Kier alpha value is -2.02. The minimum absolute atomic E-state index is 0.320. The van der Waals surface area contributed by atoms with Gasteiger partial charge < -0.3 is 15.4 Å². The number of hydrogen-bond acceptors (Lipinski definition) is 7. The summed E-state index contributed by atoms with van der Waals surface area (Å²) in [6.07, 6.45) is 2.93. The Morgan fingerprint density at radius 2 is 1.90 bits per heavy atom. The van der Waals surface area contributed by atoms with E-state index in [4.69, 9.17) is 4.74 Å². The Bertz CT molecular complexity index is 593. The van der Waals surface area contributed by atoms with Gasteiger partial charge in [0.25, 0.3) is 0 Å². The molecule has 21 heavy (non-hydrogen) atoms. The van der Waals surface area contributed by atoms with Crippen LogP contribution in [-0.4, -0.2) is 34.9 Å². The molecule has 2 aromatic rings. The van der Waals surface area contributed by atoms with Crippen molar-refractivity contribution in [3.8, 4) is 6.01 Å². The van der Waals surface area contributed by atoms with Crippen LogP contribution in [0.3, 0.4) is 0 Å². The molecule has 1 aromatic heterocycles. The van der Waals surface area contributed by atoms with Gasteiger partial charge in [0.1, 0.15) is 0 Å². The van der Waals surface area contributed by atoms with E-state index in [9.17, 15) is 0 Å². The first-order valence-electron chi connectivity index (χ1n) is 6.73. The molecule has 6 nitrogen and oxygen atoms in total. The number of thioether (sulfide) groups is 1. The highest BCUT2D eigenvalue weighted by Crippen LogP contribution is 2.27.